The number of amides is 1. The summed E-state index contributed by atoms with van der Waals surface area (Å²) < 4.78 is 2.75. The van der Waals surface area contributed by atoms with Crippen molar-refractivity contribution in [1.29, 1.82) is 0 Å². The topological polar surface area (TPSA) is 65.7 Å². The van der Waals surface area contributed by atoms with Gasteiger partial charge in [0.25, 0.3) is 5.91 Å². The first-order valence-corrected chi connectivity index (χ1v) is 6.83. The van der Waals surface area contributed by atoms with E-state index in [1.807, 2.05) is 17.7 Å². The fraction of sp³-hybridized carbons (Fsp3) is 0.583. The highest BCUT2D eigenvalue weighted by molar-refractivity contribution is 9.10. The van der Waals surface area contributed by atoms with Gasteiger partial charge in [0, 0.05) is 30.3 Å². The van der Waals surface area contributed by atoms with Gasteiger partial charge in [-0.2, -0.15) is 0 Å². The van der Waals surface area contributed by atoms with Crippen molar-refractivity contribution in [3.63, 3.8) is 0 Å². The third-order valence-corrected chi connectivity index (χ3v) is 3.53. The van der Waals surface area contributed by atoms with Crippen LogP contribution in [0.4, 0.5) is 0 Å². The zero-order valence-corrected chi connectivity index (χ0v) is 11.8. The van der Waals surface area contributed by atoms with Gasteiger partial charge in [-0.1, -0.05) is 6.92 Å². The molecule has 0 bridgehead atoms. The molecule has 1 aromatic heterocycles. The smallest absolute Gasteiger partial charge is 0.270 e. The summed E-state index contributed by atoms with van der Waals surface area (Å²) in [5.74, 6) is -0.148. The summed E-state index contributed by atoms with van der Waals surface area (Å²) in [4.78, 5) is 13.8. The predicted molar refractivity (Wildman–Crippen MR) is 70.3 cm³/mol. The number of hydrogen-bond acceptors (Lipinski definition) is 3. The molecule has 1 aromatic rings. The molecule has 5 nitrogen and oxygen atoms in total. The molecular weight excluding hydrogens is 300 g/mol. The first-order chi connectivity index (χ1) is 8.52. The fourth-order valence-corrected chi connectivity index (χ4v) is 2.64. The standard InChI is InChI=1S/C12H17BrN2O3/c1-2-3-14-5-8(13)4-9(14)12(18)15-6-10(16)11(17)7-15/h4-5,10-11,16-17H,2-3,6-7H2,1H3/t10-,11+. The molecule has 1 amide bonds. The average molecular weight is 317 g/mol. The number of carbonyl (C=O) groups excluding carboxylic acids is 1. The molecule has 100 valence electrons. The molecule has 2 atom stereocenters. The Morgan fingerprint density at radius 2 is 2.06 bits per heavy atom. The van der Waals surface area contributed by atoms with E-state index in [4.69, 9.17) is 0 Å². The second kappa shape index (κ2) is 5.42. The van der Waals surface area contributed by atoms with Gasteiger partial charge in [0.1, 0.15) is 5.69 Å². The molecule has 1 aliphatic rings. The minimum Gasteiger partial charge on any atom is -0.388 e. The van der Waals surface area contributed by atoms with Crippen molar-refractivity contribution in [2.75, 3.05) is 13.1 Å². The van der Waals surface area contributed by atoms with Crippen molar-refractivity contribution in [1.82, 2.24) is 9.47 Å². The Labute approximate surface area is 114 Å². The number of hydrogen-bond donors (Lipinski definition) is 2. The first kappa shape index (κ1) is 13.6. The van der Waals surface area contributed by atoms with Gasteiger partial charge in [-0.05, 0) is 28.4 Å². The van der Waals surface area contributed by atoms with Crippen LogP contribution < -0.4 is 0 Å². The molecule has 6 heteroatoms. The van der Waals surface area contributed by atoms with E-state index in [1.54, 1.807) is 6.07 Å². The average Bonchev–Trinajstić information content (AvgIpc) is 2.83. The van der Waals surface area contributed by atoms with E-state index >= 15 is 0 Å². The van der Waals surface area contributed by atoms with Crippen LogP contribution >= 0.6 is 15.9 Å². The van der Waals surface area contributed by atoms with Gasteiger partial charge < -0.3 is 19.7 Å². The van der Waals surface area contributed by atoms with Crippen molar-refractivity contribution in [2.24, 2.45) is 0 Å². The molecule has 18 heavy (non-hydrogen) atoms. The van der Waals surface area contributed by atoms with E-state index in [-0.39, 0.29) is 19.0 Å². The summed E-state index contributed by atoms with van der Waals surface area (Å²) in [5, 5.41) is 19.0. The van der Waals surface area contributed by atoms with E-state index < -0.39 is 12.2 Å². The molecule has 1 fully saturated rings. The first-order valence-electron chi connectivity index (χ1n) is 6.04. The number of carbonyl (C=O) groups is 1. The summed E-state index contributed by atoms with van der Waals surface area (Å²) >= 11 is 3.36. The van der Waals surface area contributed by atoms with Crippen LogP contribution in [-0.2, 0) is 6.54 Å². The van der Waals surface area contributed by atoms with Crippen LogP contribution in [0.3, 0.4) is 0 Å². The number of aryl methyl sites for hydroxylation is 1. The van der Waals surface area contributed by atoms with Gasteiger partial charge in [-0.3, -0.25) is 4.79 Å². The molecule has 0 radical (unpaired) electrons. The van der Waals surface area contributed by atoms with Crippen LogP contribution in [0.2, 0.25) is 0 Å². The lowest BCUT2D eigenvalue weighted by Crippen LogP contribution is -2.31. The maximum Gasteiger partial charge on any atom is 0.270 e. The zero-order valence-electron chi connectivity index (χ0n) is 10.2. The molecule has 2 rings (SSSR count). The van der Waals surface area contributed by atoms with Crippen LogP contribution in [0.25, 0.3) is 0 Å². The summed E-state index contributed by atoms with van der Waals surface area (Å²) in [6, 6.07) is 1.77. The Hall–Kier alpha value is -0.850. The lowest BCUT2D eigenvalue weighted by Gasteiger charge is -2.16. The van der Waals surface area contributed by atoms with Gasteiger partial charge in [0.2, 0.25) is 0 Å². The fourth-order valence-electron chi connectivity index (χ4n) is 2.18. The lowest BCUT2D eigenvalue weighted by molar-refractivity contribution is 0.0572. The molecule has 0 aromatic carbocycles. The Bertz CT molecular complexity index is 437. The van der Waals surface area contributed by atoms with Gasteiger partial charge in [0.05, 0.1) is 12.2 Å². The van der Waals surface area contributed by atoms with Crippen molar-refractivity contribution >= 4 is 21.8 Å². The minimum atomic E-state index is -0.841. The Balaban J connectivity index is 2.18. The monoisotopic (exact) mass is 316 g/mol. The molecule has 2 heterocycles. The van der Waals surface area contributed by atoms with E-state index in [0.717, 1.165) is 17.4 Å². The van der Waals surface area contributed by atoms with Crippen molar-refractivity contribution < 1.29 is 15.0 Å². The Kier molecular flexibility index (Phi) is 4.09. The number of nitrogens with zero attached hydrogens (tertiary/aromatic N) is 2. The summed E-state index contributed by atoms with van der Waals surface area (Å²) in [7, 11) is 0. The third kappa shape index (κ3) is 2.60. The summed E-state index contributed by atoms with van der Waals surface area (Å²) in [6.07, 6.45) is 1.13. The van der Waals surface area contributed by atoms with Crippen LogP contribution in [0.1, 0.15) is 23.8 Å². The highest BCUT2D eigenvalue weighted by Gasteiger charge is 2.33. The van der Waals surface area contributed by atoms with E-state index in [0.29, 0.717) is 5.69 Å². The van der Waals surface area contributed by atoms with Gasteiger partial charge in [0.15, 0.2) is 0 Å². The van der Waals surface area contributed by atoms with Gasteiger partial charge in [-0.25, -0.2) is 0 Å². The number of halogens is 1. The SMILES string of the molecule is CCCn1cc(Br)cc1C(=O)N1C[C@@H](O)[C@@H](O)C1. The quantitative estimate of drug-likeness (QED) is 0.868. The molecule has 0 saturated carbocycles. The normalized spacial score (nSPS) is 23.7. The van der Waals surface area contributed by atoms with Crippen molar-refractivity contribution in [3.05, 3.63) is 22.4 Å². The maximum absolute atomic E-state index is 12.3. The maximum atomic E-state index is 12.3. The second-order valence-electron chi connectivity index (χ2n) is 4.58. The van der Waals surface area contributed by atoms with Gasteiger partial charge >= 0.3 is 0 Å². The number of likely N-dealkylation sites (tertiary alicyclic amines) is 1. The number of aliphatic hydroxyl groups is 2. The third-order valence-electron chi connectivity index (χ3n) is 3.09. The van der Waals surface area contributed by atoms with E-state index in [9.17, 15) is 15.0 Å². The highest BCUT2D eigenvalue weighted by atomic mass is 79.9. The largest absolute Gasteiger partial charge is 0.388 e. The summed E-state index contributed by atoms with van der Waals surface area (Å²) in [5.41, 5.74) is 0.588. The molecule has 0 aliphatic carbocycles. The molecular formula is C12H17BrN2O3. The van der Waals surface area contributed by atoms with Crippen molar-refractivity contribution in [3.8, 4) is 0 Å². The lowest BCUT2D eigenvalue weighted by atomic mass is 10.3. The van der Waals surface area contributed by atoms with E-state index in [2.05, 4.69) is 15.9 Å². The number of rotatable bonds is 3. The zero-order chi connectivity index (χ0) is 13.3. The highest BCUT2D eigenvalue weighted by Crippen LogP contribution is 2.20. The molecule has 1 saturated heterocycles. The molecule has 0 unspecified atom stereocenters. The van der Waals surface area contributed by atoms with Crippen LogP contribution in [-0.4, -0.2) is 50.9 Å². The van der Waals surface area contributed by atoms with E-state index in [1.165, 1.54) is 4.90 Å². The predicted octanol–water partition coefficient (Wildman–Crippen LogP) is 0.838. The molecule has 0 spiro atoms. The minimum absolute atomic E-state index is 0.148. The number of aromatic nitrogens is 1. The van der Waals surface area contributed by atoms with Crippen LogP contribution in [0, 0.1) is 0 Å². The molecule has 1 aliphatic heterocycles. The Morgan fingerprint density at radius 1 is 1.44 bits per heavy atom. The van der Waals surface area contributed by atoms with Crippen LogP contribution in [0.5, 0.6) is 0 Å². The molecule has 2 N–H and O–H groups in total. The van der Waals surface area contributed by atoms with Crippen LogP contribution in [0.15, 0.2) is 16.7 Å². The van der Waals surface area contributed by atoms with Crippen molar-refractivity contribution in [2.45, 2.75) is 32.1 Å². The Morgan fingerprint density at radius 3 is 2.61 bits per heavy atom. The summed E-state index contributed by atoms with van der Waals surface area (Å²) in [6.45, 7) is 3.20. The second-order valence-corrected chi connectivity index (χ2v) is 5.50. The van der Waals surface area contributed by atoms with Gasteiger partial charge in [-0.15, -0.1) is 0 Å². The number of aliphatic hydroxyl groups excluding tert-OH is 2. The number of β-amino-alcohol motifs (C(OH)–C–C–N with tert-alkyl or cyclic N) is 2.